The zero-order chi connectivity index (χ0) is 12.5. The standard InChI is InChI=1S/C7H6ClF2NO4S/c1-15-4-2-3(16(8,13)14)6(12)5(11-4)7(9)10/h2,7,12H,1H3. The van der Waals surface area contributed by atoms with Gasteiger partial charge in [-0.3, -0.25) is 0 Å². The maximum Gasteiger partial charge on any atom is 0.284 e. The second kappa shape index (κ2) is 4.38. The third kappa shape index (κ3) is 2.50. The van der Waals surface area contributed by atoms with E-state index in [0.29, 0.717) is 0 Å². The number of halogens is 3. The van der Waals surface area contributed by atoms with E-state index in [1.54, 1.807) is 0 Å². The summed E-state index contributed by atoms with van der Waals surface area (Å²) in [5.74, 6) is -1.56. The van der Waals surface area contributed by atoms with Crippen molar-refractivity contribution >= 4 is 19.7 Å². The first-order valence-electron chi connectivity index (χ1n) is 3.78. The first kappa shape index (κ1) is 12.9. The van der Waals surface area contributed by atoms with Crippen LogP contribution < -0.4 is 4.74 Å². The molecule has 0 unspecified atom stereocenters. The van der Waals surface area contributed by atoms with Gasteiger partial charge in [0.25, 0.3) is 15.5 Å². The van der Waals surface area contributed by atoms with Gasteiger partial charge in [-0.25, -0.2) is 22.2 Å². The van der Waals surface area contributed by atoms with Gasteiger partial charge in [-0.1, -0.05) is 0 Å². The number of hydrogen-bond acceptors (Lipinski definition) is 5. The number of alkyl halides is 2. The molecule has 0 amide bonds. The largest absolute Gasteiger partial charge is 0.505 e. The van der Waals surface area contributed by atoms with Gasteiger partial charge >= 0.3 is 0 Å². The average molecular weight is 274 g/mol. The predicted octanol–water partition coefficient (Wildman–Crippen LogP) is 1.66. The van der Waals surface area contributed by atoms with E-state index in [4.69, 9.17) is 10.7 Å². The lowest BCUT2D eigenvalue weighted by Gasteiger charge is -2.08. The second-order valence-corrected chi connectivity index (χ2v) is 5.17. The fourth-order valence-corrected chi connectivity index (χ4v) is 1.88. The molecule has 0 radical (unpaired) electrons. The van der Waals surface area contributed by atoms with Gasteiger partial charge < -0.3 is 9.84 Å². The molecule has 0 bridgehead atoms. The number of methoxy groups -OCH3 is 1. The van der Waals surface area contributed by atoms with E-state index in [1.807, 2.05) is 0 Å². The minimum absolute atomic E-state index is 0.382. The van der Waals surface area contributed by atoms with Crippen LogP contribution in [0.4, 0.5) is 8.78 Å². The lowest BCUT2D eigenvalue weighted by molar-refractivity contribution is 0.140. The van der Waals surface area contributed by atoms with Crippen molar-refractivity contribution in [3.63, 3.8) is 0 Å². The maximum absolute atomic E-state index is 12.4. The number of aromatic nitrogens is 1. The molecule has 1 aromatic rings. The van der Waals surface area contributed by atoms with Crippen molar-refractivity contribution in [2.75, 3.05) is 7.11 Å². The summed E-state index contributed by atoms with van der Waals surface area (Å²) in [6.07, 6.45) is -3.15. The summed E-state index contributed by atoms with van der Waals surface area (Å²) in [5, 5.41) is 9.25. The van der Waals surface area contributed by atoms with Gasteiger partial charge in [0, 0.05) is 16.7 Å². The molecule has 1 N–H and O–H groups in total. The van der Waals surface area contributed by atoms with Gasteiger partial charge in [0.2, 0.25) is 5.88 Å². The van der Waals surface area contributed by atoms with Gasteiger partial charge in [0.15, 0.2) is 11.4 Å². The molecule has 90 valence electrons. The third-order valence-corrected chi connectivity index (χ3v) is 2.98. The summed E-state index contributed by atoms with van der Waals surface area (Å²) in [7, 11) is 1.71. The van der Waals surface area contributed by atoms with E-state index >= 15 is 0 Å². The molecule has 0 fully saturated rings. The van der Waals surface area contributed by atoms with Crippen molar-refractivity contribution in [1.82, 2.24) is 4.98 Å². The highest BCUT2D eigenvalue weighted by molar-refractivity contribution is 8.13. The molecule has 16 heavy (non-hydrogen) atoms. The minimum atomic E-state index is -4.35. The monoisotopic (exact) mass is 273 g/mol. The molecule has 0 spiro atoms. The molecule has 0 saturated carbocycles. The minimum Gasteiger partial charge on any atom is -0.505 e. The van der Waals surface area contributed by atoms with Gasteiger partial charge in [0.1, 0.15) is 4.90 Å². The summed E-state index contributed by atoms with van der Waals surface area (Å²) in [6.45, 7) is 0. The predicted molar refractivity (Wildman–Crippen MR) is 50.4 cm³/mol. The van der Waals surface area contributed by atoms with Crippen LogP contribution in [-0.2, 0) is 9.05 Å². The highest BCUT2D eigenvalue weighted by atomic mass is 35.7. The third-order valence-electron chi connectivity index (χ3n) is 1.64. The molecule has 0 aliphatic carbocycles. The molecule has 0 aliphatic heterocycles. The summed E-state index contributed by atoms with van der Waals surface area (Å²) in [5.41, 5.74) is -1.10. The maximum atomic E-state index is 12.4. The van der Waals surface area contributed by atoms with Crippen molar-refractivity contribution in [3.05, 3.63) is 11.8 Å². The Morgan fingerprint density at radius 1 is 1.56 bits per heavy atom. The Kier molecular flexibility index (Phi) is 3.54. The Hall–Kier alpha value is -1.15. The van der Waals surface area contributed by atoms with Crippen molar-refractivity contribution < 1.29 is 27.0 Å². The topological polar surface area (TPSA) is 76.5 Å². The van der Waals surface area contributed by atoms with Crippen LogP contribution in [0.2, 0.25) is 0 Å². The number of pyridine rings is 1. The Balaban J connectivity index is 3.56. The Morgan fingerprint density at radius 3 is 2.50 bits per heavy atom. The molecule has 0 atom stereocenters. The molecule has 1 rings (SSSR count). The van der Waals surface area contributed by atoms with E-state index in [-0.39, 0.29) is 5.88 Å². The average Bonchev–Trinajstić information content (AvgIpc) is 2.15. The van der Waals surface area contributed by atoms with Crippen LogP contribution in [-0.4, -0.2) is 25.6 Å². The molecule has 1 aromatic heterocycles. The summed E-state index contributed by atoms with van der Waals surface area (Å²) < 4.78 is 51.3. The van der Waals surface area contributed by atoms with E-state index in [0.717, 1.165) is 13.2 Å². The zero-order valence-corrected chi connectivity index (χ0v) is 9.39. The van der Waals surface area contributed by atoms with Gasteiger partial charge in [0.05, 0.1) is 7.11 Å². The van der Waals surface area contributed by atoms with Crippen LogP contribution in [0.1, 0.15) is 12.1 Å². The number of ether oxygens (including phenoxy) is 1. The van der Waals surface area contributed by atoms with Crippen LogP contribution in [0.25, 0.3) is 0 Å². The molecule has 5 nitrogen and oxygen atoms in total. The van der Waals surface area contributed by atoms with E-state index in [9.17, 15) is 22.3 Å². The van der Waals surface area contributed by atoms with Crippen molar-refractivity contribution in [2.45, 2.75) is 11.3 Å². The second-order valence-electron chi connectivity index (χ2n) is 2.64. The lowest BCUT2D eigenvalue weighted by atomic mass is 10.3. The van der Waals surface area contributed by atoms with Crippen LogP contribution in [0.15, 0.2) is 11.0 Å². The van der Waals surface area contributed by atoms with E-state index in [1.165, 1.54) is 0 Å². The highest BCUT2D eigenvalue weighted by Gasteiger charge is 2.26. The molecular formula is C7H6ClF2NO4S. The van der Waals surface area contributed by atoms with Gasteiger partial charge in [-0.2, -0.15) is 0 Å². The van der Waals surface area contributed by atoms with E-state index in [2.05, 4.69) is 9.72 Å². The molecule has 0 aliphatic rings. The molecule has 9 heteroatoms. The summed E-state index contributed by atoms with van der Waals surface area (Å²) in [4.78, 5) is 2.35. The molecule has 0 saturated heterocycles. The highest BCUT2D eigenvalue weighted by Crippen LogP contribution is 2.36. The van der Waals surface area contributed by atoms with Crippen LogP contribution in [0.5, 0.6) is 11.6 Å². The zero-order valence-electron chi connectivity index (χ0n) is 7.82. The first-order valence-corrected chi connectivity index (χ1v) is 6.09. The number of hydrogen-bond donors (Lipinski definition) is 1. The van der Waals surface area contributed by atoms with Crippen LogP contribution in [0.3, 0.4) is 0 Å². The fraction of sp³-hybridized carbons (Fsp3) is 0.286. The Morgan fingerprint density at radius 2 is 2.12 bits per heavy atom. The fourth-order valence-electron chi connectivity index (χ4n) is 0.953. The van der Waals surface area contributed by atoms with Gasteiger partial charge in [-0.15, -0.1) is 0 Å². The molecule has 1 heterocycles. The molecular weight excluding hydrogens is 268 g/mol. The molecule has 0 aromatic carbocycles. The number of rotatable bonds is 3. The quantitative estimate of drug-likeness (QED) is 0.848. The Bertz CT molecular complexity index is 505. The van der Waals surface area contributed by atoms with E-state index < -0.39 is 31.8 Å². The normalized spacial score (nSPS) is 11.8. The number of nitrogens with zero attached hydrogens (tertiary/aromatic N) is 1. The first-order chi connectivity index (χ1) is 7.27. The van der Waals surface area contributed by atoms with Crippen molar-refractivity contribution in [3.8, 4) is 11.6 Å². The summed E-state index contributed by atoms with van der Waals surface area (Å²) in [6, 6.07) is 0.754. The SMILES string of the molecule is COc1cc(S(=O)(=O)Cl)c(O)c(C(F)F)n1. The Labute approximate surface area is 94.1 Å². The number of aromatic hydroxyl groups is 1. The van der Waals surface area contributed by atoms with Crippen molar-refractivity contribution in [2.24, 2.45) is 0 Å². The van der Waals surface area contributed by atoms with Crippen molar-refractivity contribution in [1.29, 1.82) is 0 Å². The summed E-state index contributed by atoms with van der Waals surface area (Å²) >= 11 is 0. The van der Waals surface area contributed by atoms with Gasteiger partial charge in [-0.05, 0) is 0 Å². The lowest BCUT2D eigenvalue weighted by Crippen LogP contribution is -2.01. The smallest absolute Gasteiger partial charge is 0.284 e. The van der Waals surface area contributed by atoms with Crippen LogP contribution >= 0.6 is 10.7 Å². The van der Waals surface area contributed by atoms with Crippen LogP contribution in [0, 0.1) is 0 Å².